The van der Waals surface area contributed by atoms with Crippen molar-refractivity contribution in [3.63, 3.8) is 0 Å². The normalized spacial score (nSPS) is 10.5. The second-order valence-electron chi connectivity index (χ2n) is 3.80. The first-order chi connectivity index (χ1) is 8.99. The molecule has 7 heteroatoms. The van der Waals surface area contributed by atoms with Gasteiger partial charge in [0, 0.05) is 7.05 Å². The Morgan fingerprint density at radius 2 is 2.32 bits per heavy atom. The van der Waals surface area contributed by atoms with E-state index in [0.29, 0.717) is 21.2 Å². The second kappa shape index (κ2) is 5.63. The highest BCUT2D eigenvalue weighted by atomic mass is 79.9. The summed E-state index contributed by atoms with van der Waals surface area (Å²) in [5, 5.41) is 9.38. The van der Waals surface area contributed by atoms with Crippen LogP contribution in [-0.4, -0.2) is 20.6 Å². The van der Waals surface area contributed by atoms with E-state index in [4.69, 9.17) is 21.4 Å². The molecule has 0 saturated carbocycles. The number of ether oxygens (including phenoxy) is 1. The molecule has 0 bridgehead atoms. The van der Waals surface area contributed by atoms with E-state index >= 15 is 0 Å². The van der Waals surface area contributed by atoms with Crippen LogP contribution in [0.3, 0.4) is 0 Å². The lowest BCUT2D eigenvalue weighted by Crippen LogP contribution is -2.04. The van der Waals surface area contributed by atoms with Crippen LogP contribution in [-0.2, 0) is 13.7 Å². The third-order valence-electron chi connectivity index (χ3n) is 2.56. The van der Waals surface area contributed by atoms with Gasteiger partial charge < -0.3 is 14.4 Å². The molecule has 0 unspecified atom stereocenters. The molecule has 100 valence electrons. The Morgan fingerprint density at radius 3 is 2.84 bits per heavy atom. The van der Waals surface area contributed by atoms with Crippen LogP contribution in [0.25, 0.3) is 0 Å². The molecule has 0 aliphatic rings. The van der Waals surface area contributed by atoms with Gasteiger partial charge >= 0.3 is 5.97 Å². The summed E-state index contributed by atoms with van der Waals surface area (Å²) in [7, 11) is 1.79. The van der Waals surface area contributed by atoms with Gasteiger partial charge in [0.25, 0.3) is 0 Å². The van der Waals surface area contributed by atoms with Gasteiger partial charge in [0.1, 0.15) is 23.3 Å². The molecular formula is C12H10BrClN2O3. The van der Waals surface area contributed by atoms with Gasteiger partial charge in [-0.1, -0.05) is 11.6 Å². The number of carboxylic acid groups (broad SMARTS) is 1. The molecule has 0 aliphatic heterocycles. The smallest absolute Gasteiger partial charge is 0.335 e. The summed E-state index contributed by atoms with van der Waals surface area (Å²) in [5.74, 6) is 0.242. The van der Waals surface area contributed by atoms with Crippen LogP contribution < -0.4 is 4.74 Å². The molecule has 5 nitrogen and oxygen atoms in total. The predicted octanol–water partition coefficient (Wildman–Crippen LogP) is 3.11. The highest BCUT2D eigenvalue weighted by Gasteiger charge is 2.09. The molecule has 1 heterocycles. The highest BCUT2D eigenvalue weighted by Crippen LogP contribution is 2.27. The van der Waals surface area contributed by atoms with Gasteiger partial charge in [-0.05, 0) is 34.1 Å². The Balaban J connectivity index is 2.12. The van der Waals surface area contributed by atoms with Crippen LogP contribution in [0.4, 0.5) is 0 Å². The zero-order valence-electron chi connectivity index (χ0n) is 9.93. The van der Waals surface area contributed by atoms with E-state index in [1.165, 1.54) is 12.1 Å². The fourth-order valence-corrected chi connectivity index (χ4v) is 2.09. The molecule has 0 saturated heterocycles. The van der Waals surface area contributed by atoms with Crippen LogP contribution in [0.1, 0.15) is 16.2 Å². The number of nitrogens with zero attached hydrogens (tertiary/aromatic N) is 2. The molecule has 0 fully saturated rings. The zero-order chi connectivity index (χ0) is 14.0. The molecule has 1 N–H and O–H groups in total. The lowest BCUT2D eigenvalue weighted by atomic mass is 10.2. The average Bonchev–Trinajstić information content (AvgIpc) is 2.68. The van der Waals surface area contributed by atoms with Crippen molar-refractivity contribution in [2.24, 2.45) is 7.05 Å². The molecule has 0 spiro atoms. The van der Waals surface area contributed by atoms with Gasteiger partial charge in [-0.2, -0.15) is 0 Å². The molecule has 1 aromatic carbocycles. The van der Waals surface area contributed by atoms with Gasteiger partial charge in [0.2, 0.25) is 0 Å². The number of hydrogen-bond donors (Lipinski definition) is 1. The Bertz CT molecular complexity index is 627. The maximum absolute atomic E-state index is 10.8. The van der Waals surface area contributed by atoms with Crippen molar-refractivity contribution in [2.45, 2.75) is 6.61 Å². The molecule has 0 radical (unpaired) electrons. The Kier molecular flexibility index (Phi) is 4.11. The summed E-state index contributed by atoms with van der Waals surface area (Å²) in [6, 6.07) is 4.56. The topological polar surface area (TPSA) is 64.4 Å². The molecule has 1 aromatic heterocycles. The summed E-state index contributed by atoms with van der Waals surface area (Å²) in [4.78, 5) is 14.9. The summed E-state index contributed by atoms with van der Waals surface area (Å²) in [5.41, 5.74) is 0.194. The second-order valence-corrected chi connectivity index (χ2v) is 5.04. The molecular weight excluding hydrogens is 335 g/mol. The van der Waals surface area contributed by atoms with Crippen molar-refractivity contribution < 1.29 is 14.6 Å². The van der Waals surface area contributed by atoms with Crippen LogP contribution in [0.2, 0.25) is 5.15 Å². The average molecular weight is 346 g/mol. The van der Waals surface area contributed by atoms with Crippen molar-refractivity contribution in [3.8, 4) is 5.75 Å². The number of carbonyl (C=O) groups is 1. The van der Waals surface area contributed by atoms with Crippen LogP contribution >= 0.6 is 27.5 Å². The van der Waals surface area contributed by atoms with Crippen LogP contribution in [0.15, 0.2) is 28.9 Å². The van der Waals surface area contributed by atoms with Crippen LogP contribution in [0.5, 0.6) is 5.75 Å². The van der Waals surface area contributed by atoms with Crippen molar-refractivity contribution in [1.82, 2.24) is 9.55 Å². The van der Waals surface area contributed by atoms with Gasteiger partial charge in [-0.3, -0.25) is 0 Å². The molecule has 0 aliphatic carbocycles. The third-order valence-corrected chi connectivity index (χ3v) is 3.53. The number of rotatable bonds is 4. The maximum atomic E-state index is 10.8. The van der Waals surface area contributed by atoms with Gasteiger partial charge in [0.05, 0.1) is 16.2 Å². The van der Waals surface area contributed by atoms with Gasteiger partial charge in [-0.25, -0.2) is 9.78 Å². The van der Waals surface area contributed by atoms with E-state index in [0.717, 1.165) is 0 Å². The summed E-state index contributed by atoms with van der Waals surface area (Å²) in [6.07, 6.45) is 1.54. The van der Waals surface area contributed by atoms with E-state index in [-0.39, 0.29) is 12.2 Å². The van der Waals surface area contributed by atoms with Gasteiger partial charge in [0.15, 0.2) is 0 Å². The summed E-state index contributed by atoms with van der Waals surface area (Å²) >= 11 is 9.14. The van der Waals surface area contributed by atoms with Crippen molar-refractivity contribution >= 4 is 33.5 Å². The Hall–Kier alpha value is -1.53. The first-order valence-corrected chi connectivity index (χ1v) is 6.48. The number of aromatic nitrogens is 2. The standard InChI is InChI=1S/C12H10BrClN2O3/c1-16-10(14)5-15-11(16)6-19-9-3-2-7(12(17)18)4-8(9)13/h2-5H,6H2,1H3,(H,17,18). The SMILES string of the molecule is Cn1c(Cl)cnc1COc1ccc(C(=O)O)cc1Br. The molecule has 19 heavy (non-hydrogen) atoms. The first kappa shape index (κ1) is 13.9. The minimum Gasteiger partial charge on any atom is -0.484 e. The highest BCUT2D eigenvalue weighted by molar-refractivity contribution is 9.10. The van der Waals surface area contributed by atoms with E-state index in [1.807, 2.05) is 0 Å². The number of imidazole rings is 1. The fourth-order valence-electron chi connectivity index (χ4n) is 1.45. The fraction of sp³-hybridized carbons (Fsp3) is 0.167. The Morgan fingerprint density at radius 1 is 1.58 bits per heavy atom. The predicted molar refractivity (Wildman–Crippen MR) is 73.7 cm³/mol. The minimum absolute atomic E-state index is 0.194. The van der Waals surface area contributed by atoms with Crippen molar-refractivity contribution in [3.05, 3.63) is 45.4 Å². The zero-order valence-corrected chi connectivity index (χ0v) is 12.3. The monoisotopic (exact) mass is 344 g/mol. The third kappa shape index (κ3) is 3.08. The molecule has 0 amide bonds. The Labute approximate surface area is 122 Å². The number of aromatic carboxylic acids is 1. The van der Waals surface area contributed by atoms with E-state index in [2.05, 4.69) is 20.9 Å². The number of hydrogen-bond acceptors (Lipinski definition) is 3. The number of halogens is 2. The maximum Gasteiger partial charge on any atom is 0.335 e. The minimum atomic E-state index is -0.983. The van der Waals surface area contributed by atoms with E-state index < -0.39 is 5.97 Å². The quantitative estimate of drug-likeness (QED) is 0.925. The van der Waals surface area contributed by atoms with Crippen molar-refractivity contribution in [2.75, 3.05) is 0 Å². The van der Waals surface area contributed by atoms with Gasteiger partial charge in [-0.15, -0.1) is 0 Å². The first-order valence-electron chi connectivity index (χ1n) is 5.30. The number of carboxylic acids is 1. The number of benzene rings is 1. The molecule has 2 rings (SSSR count). The van der Waals surface area contributed by atoms with E-state index in [9.17, 15) is 4.79 Å². The lowest BCUT2D eigenvalue weighted by molar-refractivity contribution is 0.0696. The summed E-state index contributed by atoms with van der Waals surface area (Å²) in [6.45, 7) is 0.244. The largest absolute Gasteiger partial charge is 0.484 e. The lowest BCUT2D eigenvalue weighted by Gasteiger charge is -2.09. The van der Waals surface area contributed by atoms with Crippen molar-refractivity contribution in [1.29, 1.82) is 0 Å². The molecule has 2 aromatic rings. The van der Waals surface area contributed by atoms with Crippen LogP contribution in [0, 0.1) is 0 Å². The molecule has 0 atom stereocenters. The summed E-state index contributed by atoms with van der Waals surface area (Å²) < 4.78 is 7.86. The van der Waals surface area contributed by atoms with E-state index in [1.54, 1.807) is 23.9 Å².